The molecule has 128 valence electrons. The highest BCUT2D eigenvalue weighted by Gasteiger charge is 2.46. The molecule has 4 aliphatic rings. The number of piperidine rings is 1. The molecular weight excluding hydrogens is 325 g/mol. The molecule has 1 saturated heterocycles. The Bertz CT molecular complexity index is 690. The summed E-state index contributed by atoms with van der Waals surface area (Å²) >= 11 is 6.23. The van der Waals surface area contributed by atoms with E-state index in [0.717, 1.165) is 55.9 Å². The quantitative estimate of drug-likeness (QED) is 0.772. The number of pyridine rings is 1. The van der Waals surface area contributed by atoms with E-state index in [1.54, 1.807) is 6.07 Å². The van der Waals surface area contributed by atoms with Crippen LogP contribution in [0, 0.1) is 23.6 Å². The molecule has 5 rings (SSSR count). The lowest BCUT2D eigenvalue weighted by atomic mass is 9.99. The van der Waals surface area contributed by atoms with Crippen molar-refractivity contribution in [1.82, 2.24) is 9.88 Å². The fourth-order valence-corrected chi connectivity index (χ4v) is 4.48. The number of halogens is 2. The summed E-state index contributed by atoms with van der Waals surface area (Å²) in [5, 5.41) is 0.406. The van der Waals surface area contributed by atoms with Crippen LogP contribution in [-0.4, -0.2) is 42.6 Å². The molecule has 0 aromatic carbocycles. The molecule has 3 heterocycles. The average Bonchev–Trinajstić information content (AvgIpc) is 3.50. The number of nitrogens with zero attached hydrogens (tertiary/aromatic N) is 3. The molecule has 2 atom stereocenters. The van der Waals surface area contributed by atoms with Gasteiger partial charge in [0.15, 0.2) is 11.6 Å². The largest absolute Gasteiger partial charge is 0.354 e. The minimum atomic E-state index is -0.178. The van der Waals surface area contributed by atoms with Gasteiger partial charge in [0.05, 0.1) is 0 Å². The molecule has 0 radical (unpaired) electrons. The molecule has 2 aliphatic carbocycles. The summed E-state index contributed by atoms with van der Waals surface area (Å²) in [5.41, 5.74) is 1.76. The van der Waals surface area contributed by atoms with Gasteiger partial charge in [-0.2, -0.15) is 0 Å². The van der Waals surface area contributed by atoms with Crippen LogP contribution in [0.4, 0.5) is 10.2 Å². The van der Waals surface area contributed by atoms with Crippen molar-refractivity contribution in [2.24, 2.45) is 17.8 Å². The highest BCUT2D eigenvalue weighted by atomic mass is 35.5. The molecule has 1 aromatic rings. The van der Waals surface area contributed by atoms with Crippen molar-refractivity contribution in [3.63, 3.8) is 0 Å². The summed E-state index contributed by atoms with van der Waals surface area (Å²) in [6.07, 6.45) is 7.14. The molecule has 0 amide bonds. The van der Waals surface area contributed by atoms with E-state index < -0.39 is 0 Å². The Kier molecular flexibility index (Phi) is 3.60. The smallest absolute Gasteiger partial charge is 0.173 e. The topological polar surface area (TPSA) is 19.4 Å². The second-order valence-electron chi connectivity index (χ2n) is 7.97. The van der Waals surface area contributed by atoms with Crippen LogP contribution >= 0.6 is 11.6 Å². The third-order valence-corrected chi connectivity index (χ3v) is 6.23. The number of aromatic nitrogens is 1. The Morgan fingerprint density at radius 2 is 2.04 bits per heavy atom. The van der Waals surface area contributed by atoms with Gasteiger partial charge in [-0.15, -0.1) is 0 Å². The molecule has 24 heavy (non-hydrogen) atoms. The second-order valence-corrected chi connectivity index (χ2v) is 8.36. The first-order valence-corrected chi connectivity index (χ1v) is 9.58. The zero-order valence-electron chi connectivity index (χ0n) is 13.8. The van der Waals surface area contributed by atoms with Crippen LogP contribution in [0.25, 0.3) is 5.57 Å². The van der Waals surface area contributed by atoms with Gasteiger partial charge in [-0.3, -0.25) is 4.90 Å². The van der Waals surface area contributed by atoms with Gasteiger partial charge in [0.25, 0.3) is 0 Å². The molecule has 0 bridgehead atoms. The predicted molar refractivity (Wildman–Crippen MR) is 94.8 cm³/mol. The molecule has 5 heteroatoms. The Labute approximate surface area is 147 Å². The zero-order valence-corrected chi connectivity index (χ0v) is 14.6. The van der Waals surface area contributed by atoms with E-state index in [1.807, 2.05) is 0 Å². The van der Waals surface area contributed by atoms with E-state index in [-0.39, 0.29) is 5.82 Å². The molecule has 0 N–H and O–H groups in total. The first-order chi connectivity index (χ1) is 11.7. The molecule has 3 fully saturated rings. The van der Waals surface area contributed by atoms with E-state index in [1.165, 1.54) is 25.8 Å². The Morgan fingerprint density at radius 3 is 2.71 bits per heavy atom. The number of hydrogen-bond donors (Lipinski definition) is 0. The zero-order chi connectivity index (χ0) is 16.3. The van der Waals surface area contributed by atoms with Gasteiger partial charge in [-0.1, -0.05) is 17.7 Å². The summed E-state index contributed by atoms with van der Waals surface area (Å²) in [7, 11) is 0. The first kappa shape index (κ1) is 15.2. The van der Waals surface area contributed by atoms with Crippen LogP contribution in [0.3, 0.4) is 0 Å². The summed E-state index contributed by atoms with van der Waals surface area (Å²) in [6, 6.07) is 1.71. The summed E-state index contributed by atoms with van der Waals surface area (Å²) in [6.45, 7) is 5.01. The van der Waals surface area contributed by atoms with Gasteiger partial charge in [0, 0.05) is 38.3 Å². The van der Waals surface area contributed by atoms with E-state index in [9.17, 15) is 0 Å². The van der Waals surface area contributed by atoms with E-state index in [2.05, 4.69) is 20.9 Å². The van der Waals surface area contributed by atoms with Crippen LogP contribution in [0.5, 0.6) is 0 Å². The Balaban J connectivity index is 1.39. The maximum atomic E-state index is 15.1. The number of anilines is 1. The Morgan fingerprint density at radius 1 is 1.25 bits per heavy atom. The molecule has 2 aliphatic heterocycles. The van der Waals surface area contributed by atoms with Gasteiger partial charge in [0.2, 0.25) is 0 Å². The minimum Gasteiger partial charge on any atom is -0.354 e. The molecule has 2 unspecified atom stereocenters. The van der Waals surface area contributed by atoms with Crippen LogP contribution < -0.4 is 4.90 Å². The summed E-state index contributed by atoms with van der Waals surface area (Å²) in [4.78, 5) is 8.88. The normalized spacial score (nSPS) is 29.6. The van der Waals surface area contributed by atoms with Crippen LogP contribution in [0.1, 0.15) is 31.2 Å². The van der Waals surface area contributed by atoms with Crippen molar-refractivity contribution in [3.8, 4) is 0 Å². The number of hydrogen-bond acceptors (Lipinski definition) is 3. The molecule has 1 aromatic heterocycles. The average molecular weight is 348 g/mol. The van der Waals surface area contributed by atoms with Crippen molar-refractivity contribution in [3.05, 3.63) is 28.7 Å². The highest BCUT2D eigenvalue weighted by molar-refractivity contribution is 6.29. The monoisotopic (exact) mass is 347 g/mol. The fraction of sp³-hybridized carbons (Fsp3) is 0.632. The summed E-state index contributed by atoms with van der Waals surface area (Å²) in [5.74, 6) is 2.69. The first-order valence-electron chi connectivity index (χ1n) is 9.20. The lowest BCUT2D eigenvalue weighted by molar-refractivity contribution is 0.289. The third-order valence-electron chi connectivity index (χ3n) is 6.04. The molecule has 3 nitrogen and oxygen atoms in total. The predicted octanol–water partition coefficient (Wildman–Crippen LogP) is 3.83. The second kappa shape index (κ2) is 5.70. The Hall–Kier alpha value is -1.13. The van der Waals surface area contributed by atoms with Crippen molar-refractivity contribution >= 4 is 23.0 Å². The van der Waals surface area contributed by atoms with Gasteiger partial charge >= 0.3 is 0 Å². The van der Waals surface area contributed by atoms with Crippen LogP contribution in [0.2, 0.25) is 5.15 Å². The van der Waals surface area contributed by atoms with Gasteiger partial charge in [-0.25, -0.2) is 9.37 Å². The van der Waals surface area contributed by atoms with Crippen LogP contribution in [0.15, 0.2) is 12.1 Å². The molecular formula is C19H23ClFN3. The van der Waals surface area contributed by atoms with Gasteiger partial charge < -0.3 is 4.90 Å². The fourth-order valence-electron chi connectivity index (χ4n) is 4.29. The third kappa shape index (κ3) is 2.84. The highest BCUT2D eigenvalue weighted by Crippen LogP contribution is 2.47. The molecule has 0 spiro atoms. The van der Waals surface area contributed by atoms with Crippen molar-refractivity contribution in [2.45, 2.75) is 25.7 Å². The van der Waals surface area contributed by atoms with E-state index in [4.69, 9.17) is 11.6 Å². The van der Waals surface area contributed by atoms with Crippen LogP contribution in [-0.2, 0) is 0 Å². The van der Waals surface area contributed by atoms with Gasteiger partial charge in [0.1, 0.15) is 5.15 Å². The van der Waals surface area contributed by atoms with Gasteiger partial charge in [-0.05, 0) is 55.1 Å². The maximum Gasteiger partial charge on any atom is 0.173 e. The standard InChI is InChI=1S/C19H23ClFN3/c20-17-8-16(13-3-5-23(6-4-13)9-12-1-2-12)18(21)19(22-17)24-10-14-7-15(14)11-24/h3,8,12,14-15H,1-2,4-7,9-11H2. The number of fused-ring (bicyclic) bond motifs is 1. The molecule has 2 saturated carbocycles. The van der Waals surface area contributed by atoms with E-state index in [0.29, 0.717) is 16.5 Å². The number of rotatable bonds is 4. The van der Waals surface area contributed by atoms with Crippen molar-refractivity contribution in [2.75, 3.05) is 37.6 Å². The SMILES string of the molecule is Fc1c(C2=CCN(CC3CC3)CC2)cc(Cl)nc1N1CC2CC2C1. The minimum absolute atomic E-state index is 0.178. The van der Waals surface area contributed by atoms with Crippen molar-refractivity contribution in [1.29, 1.82) is 0 Å². The lowest BCUT2D eigenvalue weighted by Crippen LogP contribution is -2.30. The van der Waals surface area contributed by atoms with E-state index >= 15 is 4.39 Å². The lowest BCUT2D eigenvalue weighted by Gasteiger charge is -2.27. The maximum absolute atomic E-state index is 15.1. The summed E-state index contributed by atoms with van der Waals surface area (Å²) < 4.78 is 15.1. The van der Waals surface area contributed by atoms with Crippen molar-refractivity contribution < 1.29 is 4.39 Å².